The van der Waals surface area contributed by atoms with Gasteiger partial charge in [-0.25, -0.2) is 0 Å². The van der Waals surface area contributed by atoms with E-state index in [1.54, 1.807) is 13.0 Å². The molecule has 0 spiro atoms. The van der Waals surface area contributed by atoms with Gasteiger partial charge in [-0.1, -0.05) is 17.1 Å². The maximum absolute atomic E-state index is 7.83. The van der Waals surface area contributed by atoms with Crippen LogP contribution in [0.15, 0.2) is 16.8 Å². The predicted molar refractivity (Wildman–Crippen MR) is 36.6 cm³/mol. The maximum atomic E-state index is 7.83. The van der Waals surface area contributed by atoms with E-state index in [1.165, 1.54) is 0 Å². The lowest BCUT2D eigenvalue weighted by molar-refractivity contribution is 1.20. The Morgan fingerprint density at radius 3 is 3.11 bits per heavy atom. The van der Waals surface area contributed by atoms with E-state index in [4.69, 9.17) is 12.0 Å². The van der Waals surface area contributed by atoms with Crippen molar-refractivity contribution >= 4 is 0 Å². The molecule has 0 heterocycles. The minimum atomic E-state index is 0.340. The SMILES string of the molecule is C#C/C(C)=C/CN=[N+]=[N-]. The highest BCUT2D eigenvalue weighted by atomic mass is 15.1. The zero-order valence-corrected chi connectivity index (χ0v) is 5.20. The van der Waals surface area contributed by atoms with Crippen LogP contribution in [0, 0.1) is 12.3 Å². The summed E-state index contributed by atoms with van der Waals surface area (Å²) in [4.78, 5) is 2.55. The van der Waals surface area contributed by atoms with Crippen molar-refractivity contribution in [3.63, 3.8) is 0 Å². The molecule has 3 heteroatoms. The van der Waals surface area contributed by atoms with Gasteiger partial charge in [-0.2, -0.15) is 0 Å². The molecule has 3 nitrogen and oxygen atoms in total. The van der Waals surface area contributed by atoms with Gasteiger partial charge in [-0.15, -0.1) is 6.42 Å². The van der Waals surface area contributed by atoms with E-state index in [2.05, 4.69) is 15.9 Å². The van der Waals surface area contributed by atoms with Gasteiger partial charge < -0.3 is 0 Å². The van der Waals surface area contributed by atoms with E-state index in [-0.39, 0.29) is 0 Å². The molecule has 0 fully saturated rings. The molecule has 0 aromatic heterocycles. The largest absolute Gasteiger partial charge is 0.115 e. The third-order valence-electron chi connectivity index (χ3n) is 0.770. The van der Waals surface area contributed by atoms with Crippen LogP contribution in [0.25, 0.3) is 10.4 Å². The van der Waals surface area contributed by atoms with Gasteiger partial charge in [0.15, 0.2) is 0 Å². The lowest BCUT2D eigenvalue weighted by Crippen LogP contribution is -1.71. The van der Waals surface area contributed by atoms with Crippen LogP contribution in [0.1, 0.15) is 6.92 Å². The highest BCUT2D eigenvalue weighted by molar-refractivity contribution is 5.22. The lowest BCUT2D eigenvalue weighted by atomic mass is 10.3. The molecule has 0 saturated carbocycles. The van der Waals surface area contributed by atoms with Gasteiger partial charge in [-0.05, 0) is 18.0 Å². The Morgan fingerprint density at radius 2 is 2.67 bits per heavy atom. The van der Waals surface area contributed by atoms with Crippen molar-refractivity contribution < 1.29 is 0 Å². The van der Waals surface area contributed by atoms with Gasteiger partial charge >= 0.3 is 0 Å². The molecule has 0 saturated heterocycles. The Balaban J connectivity index is 3.73. The van der Waals surface area contributed by atoms with Crippen molar-refractivity contribution in [2.45, 2.75) is 6.92 Å². The molecule has 0 aromatic carbocycles. The summed E-state index contributed by atoms with van der Waals surface area (Å²) in [5, 5.41) is 3.27. The Bertz CT molecular complexity index is 191. The van der Waals surface area contributed by atoms with Gasteiger partial charge in [0.1, 0.15) is 0 Å². The number of hydrogen-bond donors (Lipinski definition) is 0. The Morgan fingerprint density at radius 1 is 2.00 bits per heavy atom. The van der Waals surface area contributed by atoms with E-state index >= 15 is 0 Å². The first-order valence-corrected chi connectivity index (χ1v) is 2.45. The molecular weight excluding hydrogens is 114 g/mol. The molecule has 0 radical (unpaired) electrons. The van der Waals surface area contributed by atoms with Crippen LogP contribution in [-0.4, -0.2) is 6.54 Å². The predicted octanol–water partition coefficient (Wildman–Crippen LogP) is 1.88. The molecular formula is C6H7N3. The van der Waals surface area contributed by atoms with Crippen LogP contribution in [0.3, 0.4) is 0 Å². The van der Waals surface area contributed by atoms with Crippen molar-refractivity contribution in [3.8, 4) is 12.3 Å². The standard InChI is InChI=1S/C6H7N3/c1-3-6(2)4-5-8-9-7/h1,4H,5H2,2H3/b6-4+. The van der Waals surface area contributed by atoms with E-state index in [1.807, 2.05) is 0 Å². The van der Waals surface area contributed by atoms with Crippen LogP contribution in [-0.2, 0) is 0 Å². The van der Waals surface area contributed by atoms with Gasteiger partial charge in [0.05, 0.1) is 0 Å². The molecule has 0 rings (SSSR count). The molecule has 0 bridgehead atoms. The number of hydrogen-bond acceptors (Lipinski definition) is 1. The zero-order chi connectivity index (χ0) is 7.11. The summed E-state index contributed by atoms with van der Waals surface area (Å²) in [5.41, 5.74) is 8.62. The molecule has 0 unspecified atom stereocenters. The number of allylic oxidation sites excluding steroid dienone is 1. The fraction of sp³-hybridized carbons (Fsp3) is 0.333. The van der Waals surface area contributed by atoms with Crippen molar-refractivity contribution in [1.29, 1.82) is 0 Å². The van der Waals surface area contributed by atoms with Gasteiger partial charge in [0.2, 0.25) is 0 Å². The quantitative estimate of drug-likeness (QED) is 0.232. The van der Waals surface area contributed by atoms with E-state index in [9.17, 15) is 0 Å². The second-order valence-electron chi connectivity index (χ2n) is 1.44. The summed E-state index contributed by atoms with van der Waals surface area (Å²) in [6, 6.07) is 0. The van der Waals surface area contributed by atoms with E-state index in [0.717, 1.165) is 5.57 Å². The maximum Gasteiger partial charge on any atom is 0.0451 e. The van der Waals surface area contributed by atoms with Gasteiger partial charge in [0, 0.05) is 11.5 Å². The number of nitrogens with zero attached hydrogens (tertiary/aromatic N) is 3. The Hall–Kier alpha value is -1.39. The second-order valence-corrected chi connectivity index (χ2v) is 1.44. The number of terminal acetylenes is 1. The minimum Gasteiger partial charge on any atom is -0.115 e. The summed E-state index contributed by atoms with van der Waals surface area (Å²) in [7, 11) is 0. The van der Waals surface area contributed by atoms with E-state index < -0.39 is 0 Å². The van der Waals surface area contributed by atoms with Crippen molar-refractivity contribution in [2.75, 3.05) is 6.54 Å². The Kier molecular flexibility index (Phi) is 4.03. The third-order valence-corrected chi connectivity index (χ3v) is 0.770. The van der Waals surface area contributed by atoms with Crippen LogP contribution in [0.5, 0.6) is 0 Å². The first kappa shape index (κ1) is 7.61. The molecule has 0 amide bonds. The molecule has 46 valence electrons. The average molecular weight is 121 g/mol. The average Bonchev–Trinajstić information content (AvgIpc) is 1.89. The van der Waals surface area contributed by atoms with Crippen LogP contribution in [0.4, 0.5) is 0 Å². The molecule has 0 aliphatic rings. The van der Waals surface area contributed by atoms with Gasteiger partial charge in [-0.3, -0.25) is 0 Å². The summed E-state index contributed by atoms with van der Waals surface area (Å²) < 4.78 is 0. The third kappa shape index (κ3) is 4.46. The summed E-state index contributed by atoms with van der Waals surface area (Å²) in [6.07, 6.45) is 6.70. The molecule has 0 aromatic rings. The lowest BCUT2D eigenvalue weighted by Gasteiger charge is -1.81. The summed E-state index contributed by atoms with van der Waals surface area (Å²) in [6.45, 7) is 2.12. The highest BCUT2D eigenvalue weighted by Crippen LogP contribution is 1.87. The van der Waals surface area contributed by atoms with Crippen molar-refractivity contribution in [2.24, 2.45) is 5.11 Å². The topological polar surface area (TPSA) is 48.8 Å². The van der Waals surface area contributed by atoms with Crippen molar-refractivity contribution in [1.82, 2.24) is 0 Å². The fourth-order valence-electron chi connectivity index (χ4n) is 0.273. The number of azide groups is 1. The van der Waals surface area contributed by atoms with Gasteiger partial charge in [0.25, 0.3) is 0 Å². The molecule has 0 aliphatic carbocycles. The summed E-state index contributed by atoms with van der Waals surface area (Å²) >= 11 is 0. The molecule has 0 aliphatic heterocycles. The molecule has 0 atom stereocenters. The monoisotopic (exact) mass is 121 g/mol. The first-order chi connectivity index (χ1) is 4.31. The van der Waals surface area contributed by atoms with Crippen LogP contribution < -0.4 is 0 Å². The zero-order valence-electron chi connectivity index (χ0n) is 5.20. The highest BCUT2D eigenvalue weighted by Gasteiger charge is 1.75. The van der Waals surface area contributed by atoms with Crippen molar-refractivity contribution in [3.05, 3.63) is 22.1 Å². The Labute approximate surface area is 54.0 Å². The normalized spacial score (nSPS) is 9.56. The second kappa shape index (κ2) is 4.76. The van der Waals surface area contributed by atoms with E-state index in [0.29, 0.717) is 6.54 Å². The fourth-order valence-corrected chi connectivity index (χ4v) is 0.273. The summed E-state index contributed by atoms with van der Waals surface area (Å²) in [5.74, 6) is 2.40. The first-order valence-electron chi connectivity index (χ1n) is 2.45. The van der Waals surface area contributed by atoms with Crippen LogP contribution in [0.2, 0.25) is 0 Å². The minimum absolute atomic E-state index is 0.340. The molecule has 9 heavy (non-hydrogen) atoms. The number of rotatable bonds is 2. The van der Waals surface area contributed by atoms with Crippen LogP contribution >= 0.6 is 0 Å². The smallest absolute Gasteiger partial charge is 0.0451 e. The molecule has 0 N–H and O–H groups in total.